The largest absolute Gasteiger partial charge is 0.508 e. The van der Waals surface area contributed by atoms with Gasteiger partial charge in [-0.25, -0.2) is 0 Å². The molecule has 0 spiro atoms. The number of benzene rings is 2. The van der Waals surface area contributed by atoms with Gasteiger partial charge in [-0.3, -0.25) is 14.4 Å². The summed E-state index contributed by atoms with van der Waals surface area (Å²) in [6, 6.07) is 7.00. The molecule has 0 radical (unpaired) electrons. The quantitative estimate of drug-likeness (QED) is 0.266. The predicted octanol–water partition coefficient (Wildman–Crippen LogP) is 3.15. The molecule has 2 aromatic rings. The van der Waals surface area contributed by atoms with E-state index < -0.39 is 31.4 Å². The second-order valence-corrected chi connectivity index (χ2v) is 12.0. The number of esters is 2. The molecule has 12 heteroatoms. The average Bonchev–Trinajstić information content (AvgIpc) is 3.35. The summed E-state index contributed by atoms with van der Waals surface area (Å²) in [6.45, 7) is 13.6. The number of carbonyl (C=O) groups is 3. The van der Waals surface area contributed by atoms with E-state index in [9.17, 15) is 24.5 Å². The van der Waals surface area contributed by atoms with Gasteiger partial charge in [-0.2, -0.15) is 0 Å². The van der Waals surface area contributed by atoms with E-state index in [0.29, 0.717) is 17.4 Å². The highest BCUT2D eigenvalue weighted by atomic mass is 16.7. The number of ketones is 1. The van der Waals surface area contributed by atoms with Crippen LogP contribution in [0.5, 0.6) is 5.75 Å². The summed E-state index contributed by atoms with van der Waals surface area (Å²) in [6.07, 6.45) is 0.500. The Bertz CT molecular complexity index is 1350. The van der Waals surface area contributed by atoms with E-state index in [4.69, 9.17) is 14.0 Å². The van der Waals surface area contributed by atoms with Crippen LogP contribution in [0.4, 0.5) is 0 Å². The molecule has 2 aliphatic heterocycles. The van der Waals surface area contributed by atoms with Crippen LogP contribution in [0.15, 0.2) is 24.3 Å². The predicted molar refractivity (Wildman–Crippen MR) is 163 cm³/mol. The lowest BCUT2D eigenvalue weighted by Gasteiger charge is -2.32. The van der Waals surface area contributed by atoms with Crippen molar-refractivity contribution in [3.05, 3.63) is 52.1 Å². The lowest BCUT2D eigenvalue weighted by atomic mass is 9.72. The van der Waals surface area contributed by atoms with E-state index in [1.807, 2.05) is 60.6 Å². The van der Waals surface area contributed by atoms with E-state index in [0.717, 1.165) is 27.7 Å². The number of aryl methyl sites for hydroxylation is 3. The van der Waals surface area contributed by atoms with Gasteiger partial charge in [0, 0.05) is 18.4 Å². The zero-order valence-corrected chi connectivity index (χ0v) is 26.5. The van der Waals surface area contributed by atoms with Crippen molar-refractivity contribution in [1.29, 1.82) is 0 Å². The Morgan fingerprint density at radius 3 is 2.00 bits per heavy atom. The standard InChI is InChI=1S/C19H27BO5.C12H15BO5/c1-12-10-13(2)17(15(21)8-9-16(22)23-7)14(11-12)20-24-18(3,4)19(5,6)25-20;1-7-5-8(14)6-9-12(7)10(18-13(9)16)3-4-11(15)17-2/h10-11H,8-9H2,1-7H3;5-6,10,14,16H,3-4H2,1-2H3. The first-order valence-corrected chi connectivity index (χ1v) is 14.3. The molecule has 1 atom stereocenters. The lowest BCUT2D eigenvalue weighted by molar-refractivity contribution is -0.141. The Labute approximate surface area is 254 Å². The maximum Gasteiger partial charge on any atom is 0.495 e. The van der Waals surface area contributed by atoms with Gasteiger partial charge in [0.1, 0.15) is 5.75 Å². The summed E-state index contributed by atoms with van der Waals surface area (Å²) in [5, 5.41) is 19.3. The van der Waals surface area contributed by atoms with Crippen molar-refractivity contribution < 1.29 is 48.0 Å². The summed E-state index contributed by atoms with van der Waals surface area (Å²) in [7, 11) is 0.998. The molecule has 0 saturated carbocycles. The average molecular weight is 596 g/mol. The number of phenolic OH excluding ortho intramolecular Hbond substituents is 1. The third-order valence-electron chi connectivity index (χ3n) is 8.20. The molecule has 232 valence electrons. The molecule has 2 heterocycles. The number of ether oxygens (including phenoxy) is 2. The summed E-state index contributed by atoms with van der Waals surface area (Å²) in [5.41, 5.74) is 4.50. The van der Waals surface area contributed by atoms with Crippen LogP contribution >= 0.6 is 0 Å². The highest BCUT2D eigenvalue weighted by Crippen LogP contribution is 2.37. The molecule has 0 bridgehead atoms. The maximum absolute atomic E-state index is 12.8. The van der Waals surface area contributed by atoms with Gasteiger partial charge >= 0.3 is 26.2 Å². The number of hydrogen-bond donors (Lipinski definition) is 2. The highest BCUT2D eigenvalue weighted by Gasteiger charge is 2.52. The van der Waals surface area contributed by atoms with Gasteiger partial charge in [0.2, 0.25) is 0 Å². The molecule has 10 nitrogen and oxygen atoms in total. The Balaban J connectivity index is 0.000000248. The topological polar surface area (TPSA) is 138 Å². The molecule has 4 rings (SSSR count). The minimum Gasteiger partial charge on any atom is -0.508 e. The van der Waals surface area contributed by atoms with Crippen LogP contribution in [0.3, 0.4) is 0 Å². The molecule has 2 aliphatic rings. The van der Waals surface area contributed by atoms with Crippen molar-refractivity contribution in [3.8, 4) is 5.75 Å². The minimum atomic E-state index is -1.05. The van der Waals surface area contributed by atoms with Crippen LogP contribution in [-0.4, -0.2) is 67.5 Å². The second-order valence-electron chi connectivity index (χ2n) is 12.0. The van der Waals surface area contributed by atoms with E-state index in [1.165, 1.54) is 20.3 Å². The Kier molecular flexibility index (Phi) is 10.9. The molecule has 2 N–H and O–H groups in total. The van der Waals surface area contributed by atoms with Crippen molar-refractivity contribution in [2.24, 2.45) is 0 Å². The van der Waals surface area contributed by atoms with Crippen molar-refractivity contribution >= 4 is 42.9 Å². The smallest absolute Gasteiger partial charge is 0.495 e. The van der Waals surface area contributed by atoms with Crippen LogP contribution in [0.25, 0.3) is 0 Å². The summed E-state index contributed by atoms with van der Waals surface area (Å²) in [4.78, 5) is 35.3. The van der Waals surface area contributed by atoms with E-state index >= 15 is 0 Å². The molecule has 1 unspecified atom stereocenters. The molecule has 0 aliphatic carbocycles. The Morgan fingerprint density at radius 2 is 1.42 bits per heavy atom. The normalized spacial score (nSPS) is 18.0. The SMILES string of the molecule is COC(=O)CCC(=O)c1c(C)cc(C)cc1B1OC(C)(C)C(C)(C)O1.COC(=O)CCC1OB(O)c2cc(O)cc(C)c21. The molecular weight excluding hydrogens is 554 g/mol. The molecule has 2 aromatic carbocycles. The van der Waals surface area contributed by atoms with Crippen LogP contribution in [-0.2, 0) is 33.0 Å². The fraction of sp³-hybridized carbons (Fsp3) is 0.516. The first-order valence-electron chi connectivity index (χ1n) is 14.3. The van der Waals surface area contributed by atoms with Gasteiger partial charge in [0.05, 0.1) is 37.9 Å². The number of phenols is 1. The second kappa shape index (κ2) is 13.6. The van der Waals surface area contributed by atoms with E-state index in [2.05, 4.69) is 9.47 Å². The van der Waals surface area contributed by atoms with Crippen molar-refractivity contribution in [2.75, 3.05) is 14.2 Å². The van der Waals surface area contributed by atoms with Crippen molar-refractivity contribution in [2.45, 2.75) is 91.5 Å². The fourth-order valence-corrected chi connectivity index (χ4v) is 5.29. The Morgan fingerprint density at radius 1 is 0.837 bits per heavy atom. The van der Waals surface area contributed by atoms with Crippen LogP contribution in [0, 0.1) is 20.8 Å². The monoisotopic (exact) mass is 596 g/mol. The number of hydrogen-bond acceptors (Lipinski definition) is 10. The first kappa shape index (κ1) is 34.3. The van der Waals surface area contributed by atoms with Gasteiger partial charge in [-0.1, -0.05) is 17.7 Å². The molecule has 0 aromatic heterocycles. The number of methoxy groups -OCH3 is 2. The fourth-order valence-electron chi connectivity index (χ4n) is 5.29. The number of rotatable bonds is 8. The number of carbonyl (C=O) groups excluding carboxylic acids is 3. The van der Waals surface area contributed by atoms with E-state index in [1.54, 1.807) is 6.07 Å². The van der Waals surface area contributed by atoms with Gasteiger partial charge in [0.15, 0.2) is 5.78 Å². The molecular formula is C31H42B2O10. The van der Waals surface area contributed by atoms with Crippen LogP contribution in [0.1, 0.15) is 92.1 Å². The van der Waals surface area contributed by atoms with Crippen LogP contribution < -0.4 is 10.9 Å². The van der Waals surface area contributed by atoms with Gasteiger partial charge in [0.25, 0.3) is 0 Å². The highest BCUT2D eigenvalue weighted by molar-refractivity contribution is 6.64. The zero-order chi connectivity index (χ0) is 32.3. The molecule has 0 amide bonds. The zero-order valence-electron chi connectivity index (χ0n) is 26.5. The number of Topliss-reactive ketones (excluding diaryl/α,β-unsaturated/α-hetero) is 1. The van der Waals surface area contributed by atoms with Gasteiger partial charge in [-0.15, -0.1) is 0 Å². The minimum absolute atomic E-state index is 0.0610. The number of aromatic hydroxyl groups is 1. The third-order valence-corrected chi connectivity index (χ3v) is 8.20. The summed E-state index contributed by atoms with van der Waals surface area (Å²) < 4.78 is 26.9. The number of fused-ring (bicyclic) bond motifs is 1. The van der Waals surface area contributed by atoms with Gasteiger partial charge < -0.3 is 33.6 Å². The van der Waals surface area contributed by atoms with E-state index in [-0.39, 0.29) is 42.9 Å². The van der Waals surface area contributed by atoms with Gasteiger partial charge in [-0.05, 0) is 94.6 Å². The molecule has 1 fully saturated rings. The first-order chi connectivity index (χ1) is 20.0. The summed E-state index contributed by atoms with van der Waals surface area (Å²) in [5.74, 6) is -0.705. The third kappa shape index (κ3) is 7.86. The molecule has 43 heavy (non-hydrogen) atoms. The maximum atomic E-state index is 12.8. The van der Waals surface area contributed by atoms with Crippen LogP contribution in [0.2, 0.25) is 0 Å². The Hall–Kier alpha value is -3.18. The summed E-state index contributed by atoms with van der Waals surface area (Å²) >= 11 is 0. The van der Waals surface area contributed by atoms with Crippen molar-refractivity contribution in [1.82, 2.24) is 0 Å². The molecule has 1 saturated heterocycles. The van der Waals surface area contributed by atoms with Crippen molar-refractivity contribution in [3.63, 3.8) is 0 Å². The lowest BCUT2D eigenvalue weighted by Crippen LogP contribution is -2.41.